The van der Waals surface area contributed by atoms with Crippen molar-refractivity contribution in [3.8, 4) is 5.75 Å². The highest BCUT2D eigenvalue weighted by atomic mass is 79.9. The predicted molar refractivity (Wildman–Crippen MR) is 75.4 cm³/mol. The Bertz CT molecular complexity index is 446. The van der Waals surface area contributed by atoms with E-state index in [0.29, 0.717) is 23.2 Å². The first kappa shape index (κ1) is 16.2. The molecule has 0 spiro atoms. The smallest absolute Gasteiger partial charge is 0.233 e. The molecule has 4 nitrogen and oxygen atoms in total. The van der Waals surface area contributed by atoms with Gasteiger partial charge in [0.2, 0.25) is 5.91 Å². The van der Waals surface area contributed by atoms with Crippen molar-refractivity contribution in [1.29, 1.82) is 0 Å². The van der Waals surface area contributed by atoms with Crippen molar-refractivity contribution in [2.75, 3.05) is 6.61 Å². The van der Waals surface area contributed by atoms with Gasteiger partial charge in [-0.15, -0.1) is 0 Å². The number of halogens is 3. The molecule has 3 N–H and O–H groups in total. The van der Waals surface area contributed by atoms with Gasteiger partial charge >= 0.3 is 0 Å². The first-order valence-corrected chi connectivity index (χ1v) is 6.98. The van der Waals surface area contributed by atoms with E-state index < -0.39 is 5.82 Å². The van der Waals surface area contributed by atoms with Gasteiger partial charge in [-0.2, -0.15) is 0 Å². The van der Waals surface area contributed by atoms with Crippen LogP contribution in [0.3, 0.4) is 0 Å². The van der Waals surface area contributed by atoms with E-state index in [4.69, 9.17) is 22.2 Å². The molecule has 1 aromatic rings. The second-order valence-electron chi connectivity index (χ2n) is 3.92. The van der Waals surface area contributed by atoms with Crippen molar-refractivity contribution < 1.29 is 13.9 Å². The number of nitrogens with one attached hydrogen (secondary N) is 1. The van der Waals surface area contributed by atoms with Gasteiger partial charge in [0.1, 0.15) is 11.6 Å². The molecule has 0 unspecified atom stereocenters. The molecule has 0 saturated heterocycles. The molecular weight excluding hydrogens is 338 g/mol. The van der Waals surface area contributed by atoms with Gasteiger partial charge in [0, 0.05) is 12.5 Å². The Hall–Kier alpha value is -0.850. The molecule has 0 aliphatic carbocycles. The van der Waals surface area contributed by atoms with Gasteiger partial charge < -0.3 is 4.74 Å². The lowest BCUT2D eigenvalue weighted by Crippen LogP contribution is -2.29. The third-order valence-electron chi connectivity index (χ3n) is 2.44. The molecule has 0 aliphatic rings. The summed E-state index contributed by atoms with van der Waals surface area (Å²) in [5.41, 5.74) is 2.07. The Labute approximate surface area is 124 Å². The highest BCUT2D eigenvalue weighted by molar-refractivity contribution is 9.10. The van der Waals surface area contributed by atoms with Crippen molar-refractivity contribution in [3.63, 3.8) is 0 Å². The molecule has 1 rings (SSSR count). The summed E-state index contributed by atoms with van der Waals surface area (Å²) in [7, 11) is 0. The van der Waals surface area contributed by atoms with Gasteiger partial charge in [-0.3, -0.25) is 10.2 Å². The van der Waals surface area contributed by atoms with Crippen LogP contribution in [-0.4, -0.2) is 12.5 Å². The lowest BCUT2D eigenvalue weighted by molar-refractivity contribution is -0.121. The van der Waals surface area contributed by atoms with Crippen LogP contribution in [0.4, 0.5) is 4.39 Å². The van der Waals surface area contributed by atoms with Crippen LogP contribution in [0.1, 0.15) is 25.7 Å². The summed E-state index contributed by atoms with van der Waals surface area (Å²) in [4.78, 5) is 10.9. The summed E-state index contributed by atoms with van der Waals surface area (Å²) in [6.45, 7) is 0.448. The minimum atomic E-state index is -0.514. The van der Waals surface area contributed by atoms with Crippen LogP contribution in [0.2, 0.25) is 5.02 Å². The fourth-order valence-electron chi connectivity index (χ4n) is 1.43. The zero-order valence-corrected chi connectivity index (χ0v) is 12.6. The number of hydrogen-bond acceptors (Lipinski definition) is 3. The van der Waals surface area contributed by atoms with Crippen molar-refractivity contribution in [3.05, 3.63) is 27.4 Å². The van der Waals surface area contributed by atoms with E-state index in [1.807, 2.05) is 0 Å². The van der Waals surface area contributed by atoms with E-state index in [1.54, 1.807) is 0 Å². The molecular formula is C12H15BrClFN2O2. The molecule has 0 bridgehead atoms. The number of carbonyl (C=O) groups is 1. The van der Waals surface area contributed by atoms with Crippen molar-refractivity contribution in [2.45, 2.75) is 25.7 Å². The molecule has 0 saturated carbocycles. The Morgan fingerprint density at radius 1 is 1.42 bits per heavy atom. The maximum absolute atomic E-state index is 13.2. The summed E-state index contributed by atoms with van der Waals surface area (Å²) < 4.78 is 19.3. The second kappa shape index (κ2) is 8.35. The van der Waals surface area contributed by atoms with Gasteiger partial charge in [-0.05, 0) is 41.3 Å². The monoisotopic (exact) mass is 352 g/mol. The standard InChI is InChI=1S/C12H15BrClFN2O2/c13-8-6-9(14)10(15)7-11(8)19-5-3-1-2-4-12(18)17-16/h6-7H,1-5,16H2,(H,17,18). The first-order chi connectivity index (χ1) is 9.04. The average molecular weight is 354 g/mol. The Balaban J connectivity index is 2.26. The van der Waals surface area contributed by atoms with Crippen molar-refractivity contribution in [2.24, 2.45) is 5.84 Å². The molecule has 0 atom stereocenters. The Kier molecular flexibility index (Phi) is 7.12. The van der Waals surface area contributed by atoms with Gasteiger partial charge in [0.05, 0.1) is 16.1 Å². The van der Waals surface area contributed by atoms with Crippen LogP contribution < -0.4 is 16.0 Å². The third-order valence-corrected chi connectivity index (χ3v) is 3.35. The maximum Gasteiger partial charge on any atom is 0.233 e. The van der Waals surface area contributed by atoms with E-state index in [0.717, 1.165) is 19.3 Å². The zero-order chi connectivity index (χ0) is 14.3. The molecule has 0 aliphatic heterocycles. The van der Waals surface area contributed by atoms with Gasteiger partial charge in [-0.25, -0.2) is 10.2 Å². The molecule has 0 aromatic heterocycles. The Morgan fingerprint density at radius 3 is 2.84 bits per heavy atom. The quantitative estimate of drug-likeness (QED) is 0.260. The molecule has 0 heterocycles. The third kappa shape index (κ3) is 5.76. The number of hydrogen-bond donors (Lipinski definition) is 2. The lowest BCUT2D eigenvalue weighted by atomic mass is 10.2. The van der Waals surface area contributed by atoms with Gasteiger partial charge in [-0.1, -0.05) is 11.6 Å². The Morgan fingerprint density at radius 2 is 2.16 bits per heavy atom. The van der Waals surface area contributed by atoms with Gasteiger partial charge in [0.25, 0.3) is 0 Å². The van der Waals surface area contributed by atoms with Crippen LogP contribution in [0.15, 0.2) is 16.6 Å². The molecule has 19 heavy (non-hydrogen) atoms. The van der Waals surface area contributed by atoms with E-state index in [9.17, 15) is 9.18 Å². The SMILES string of the molecule is NNC(=O)CCCCCOc1cc(F)c(Cl)cc1Br. The maximum atomic E-state index is 13.2. The van der Waals surface area contributed by atoms with Crippen LogP contribution >= 0.6 is 27.5 Å². The summed E-state index contributed by atoms with van der Waals surface area (Å²) in [5, 5.41) is 0.0482. The van der Waals surface area contributed by atoms with E-state index >= 15 is 0 Å². The van der Waals surface area contributed by atoms with Crippen LogP contribution in [0.25, 0.3) is 0 Å². The van der Waals surface area contributed by atoms with E-state index in [1.165, 1.54) is 12.1 Å². The zero-order valence-electron chi connectivity index (χ0n) is 10.2. The number of rotatable bonds is 7. The predicted octanol–water partition coefficient (Wildman–Crippen LogP) is 3.17. The summed E-state index contributed by atoms with van der Waals surface area (Å²) >= 11 is 8.87. The molecule has 1 aromatic carbocycles. The number of amides is 1. The molecule has 1 amide bonds. The van der Waals surface area contributed by atoms with E-state index in [2.05, 4.69) is 21.4 Å². The fraction of sp³-hybridized carbons (Fsp3) is 0.417. The minimum absolute atomic E-state index is 0.0482. The lowest BCUT2D eigenvalue weighted by Gasteiger charge is -2.09. The van der Waals surface area contributed by atoms with Gasteiger partial charge in [0.15, 0.2) is 0 Å². The topological polar surface area (TPSA) is 64.3 Å². The van der Waals surface area contributed by atoms with Crippen molar-refractivity contribution >= 4 is 33.4 Å². The summed E-state index contributed by atoms with van der Waals surface area (Å²) in [6.07, 6.45) is 2.74. The minimum Gasteiger partial charge on any atom is -0.492 e. The number of hydrazine groups is 1. The highest BCUT2D eigenvalue weighted by Gasteiger charge is 2.07. The fourth-order valence-corrected chi connectivity index (χ4v) is 2.19. The largest absolute Gasteiger partial charge is 0.492 e. The summed E-state index contributed by atoms with van der Waals surface area (Å²) in [5.74, 6) is 4.68. The van der Waals surface area contributed by atoms with Crippen LogP contribution in [-0.2, 0) is 4.79 Å². The average Bonchev–Trinajstić information content (AvgIpc) is 2.38. The number of ether oxygens (including phenoxy) is 1. The number of unbranched alkanes of at least 4 members (excludes halogenated alkanes) is 2. The van der Waals surface area contributed by atoms with Crippen molar-refractivity contribution in [1.82, 2.24) is 5.43 Å². The second-order valence-corrected chi connectivity index (χ2v) is 5.18. The molecule has 7 heteroatoms. The summed E-state index contributed by atoms with van der Waals surface area (Å²) in [6, 6.07) is 2.70. The highest BCUT2D eigenvalue weighted by Crippen LogP contribution is 2.30. The van der Waals surface area contributed by atoms with E-state index in [-0.39, 0.29) is 10.9 Å². The normalized spacial score (nSPS) is 10.3. The number of carbonyl (C=O) groups excluding carboxylic acids is 1. The molecule has 0 fully saturated rings. The first-order valence-electron chi connectivity index (χ1n) is 5.81. The molecule has 0 radical (unpaired) electrons. The van der Waals surface area contributed by atoms with Crippen LogP contribution in [0.5, 0.6) is 5.75 Å². The van der Waals surface area contributed by atoms with Crippen LogP contribution in [0, 0.1) is 5.82 Å². The number of nitrogens with two attached hydrogens (primary N) is 1. The molecule has 106 valence electrons. The number of benzene rings is 1.